The lowest BCUT2D eigenvalue weighted by Gasteiger charge is -1.97. The molecule has 92 valence electrons. The molecule has 3 rings (SSSR count). The number of fused-ring (bicyclic) bond motifs is 1. The Bertz CT molecular complexity index is 769. The fourth-order valence-corrected chi connectivity index (χ4v) is 2.58. The van der Waals surface area contributed by atoms with Crippen LogP contribution in [0.15, 0.2) is 32.8 Å². The smallest absolute Gasteiger partial charge is 0.408 e. The topological polar surface area (TPSA) is 68.3 Å². The molecular formula is C12H10N2O3S. The zero-order valence-corrected chi connectivity index (χ0v) is 10.4. The maximum Gasteiger partial charge on any atom is 0.419 e. The molecule has 18 heavy (non-hydrogen) atoms. The predicted octanol–water partition coefficient (Wildman–Crippen LogP) is 1.75. The van der Waals surface area contributed by atoms with Crippen molar-refractivity contribution < 1.29 is 9.52 Å². The molecule has 0 bridgehead atoms. The molecular weight excluding hydrogens is 252 g/mol. The summed E-state index contributed by atoms with van der Waals surface area (Å²) in [6, 6.07) is 5.47. The van der Waals surface area contributed by atoms with Gasteiger partial charge in [-0.3, -0.25) is 4.57 Å². The van der Waals surface area contributed by atoms with E-state index in [-0.39, 0.29) is 12.4 Å². The lowest BCUT2D eigenvalue weighted by atomic mass is 10.2. The Morgan fingerprint density at radius 2 is 2.33 bits per heavy atom. The molecule has 0 aliphatic heterocycles. The van der Waals surface area contributed by atoms with Gasteiger partial charge in [0, 0.05) is 18.0 Å². The molecule has 2 heterocycles. The number of thiazole rings is 1. The van der Waals surface area contributed by atoms with Gasteiger partial charge in [0.2, 0.25) is 0 Å². The Labute approximate surface area is 106 Å². The molecule has 0 fully saturated rings. The molecule has 3 aromatic rings. The molecule has 0 radical (unpaired) electrons. The summed E-state index contributed by atoms with van der Waals surface area (Å²) in [6.07, 6.45) is 0. The van der Waals surface area contributed by atoms with Crippen LogP contribution in [0, 0.1) is 0 Å². The van der Waals surface area contributed by atoms with Crippen molar-refractivity contribution in [2.75, 3.05) is 0 Å². The molecule has 1 aromatic carbocycles. The first-order valence-corrected chi connectivity index (χ1v) is 6.22. The summed E-state index contributed by atoms with van der Waals surface area (Å²) < 4.78 is 6.52. The van der Waals surface area contributed by atoms with Gasteiger partial charge in [0.25, 0.3) is 0 Å². The lowest BCUT2D eigenvalue weighted by molar-refractivity contribution is 0.278. The second-order valence-corrected chi connectivity index (χ2v) is 4.77. The molecule has 6 heteroatoms. The van der Waals surface area contributed by atoms with Crippen molar-refractivity contribution >= 4 is 22.4 Å². The van der Waals surface area contributed by atoms with Crippen molar-refractivity contribution in [3.63, 3.8) is 0 Å². The van der Waals surface area contributed by atoms with Crippen molar-refractivity contribution in [3.05, 3.63) is 39.8 Å². The van der Waals surface area contributed by atoms with Gasteiger partial charge in [0.05, 0.1) is 17.8 Å². The number of hydrogen-bond acceptors (Lipinski definition) is 5. The number of aliphatic hydroxyl groups excluding tert-OH is 1. The second kappa shape index (κ2) is 4.08. The van der Waals surface area contributed by atoms with E-state index in [1.54, 1.807) is 13.1 Å². The molecule has 0 spiro atoms. The zero-order valence-electron chi connectivity index (χ0n) is 9.58. The molecule has 1 N–H and O–H groups in total. The summed E-state index contributed by atoms with van der Waals surface area (Å²) in [6.45, 7) is -0.0665. The van der Waals surface area contributed by atoms with Gasteiger partial charge in [-0.05, 0) is 18.2 Å². The molecule has 0 aliphatic carbocycles. The third kappa shape index (κ3) is 1.66. The third-order valence-electron chi connectivity index (χ3n) is 2.75. The van der Waals surface area contributed by atoms with Crippen LogP contribution in [0.4, 0.5) is 0 Å². The average molecular weight is 262 g/mol. The average Bonchev–Trinajstić information content (AvgIpc) is 2.96. The van der Waals surface area contributed by atoms with Crippen molar-refractivity contribution in [2.45, 2.75) is 6.61 Å². The van der Waals surface area contributed by atoms with Crippen LogP contribution in [-0.2, 0) is 13.7 Å². The van der Waals surface area contributed by atoms with E-state index >= 15 is 0 Å². The van der Waals surface area contributed by atoms with E-state index < -0.39 is 0 Å². The van der Waals surface area contributed by atoms with Gasteiger partial charge in [-0.2, -0.15) is 0 Å². The highest BCUT2D eigenvalue weighted by Crippen LogP contribution is 2.26. The Morgan fingerprint density at radius 1 is 1.50 bits per heavy atom. The van der Waals surface area contributed by atoms with Gasteiger partial charge in [-0.1, -0.05) is 0 Å². The minimum atomic E-state index is -0.377. The number of aryl methyl sites for hydroxylation is 1. The molecule has 0 aliphatic rings. The third-order valence-corrected chi connectivity index (χ3v) is 3.69. The second-order valence-electron chi connectivity index (χ2n) is 3.91. The van der Waals surface area contributed by atoms with Gasteiger partial charge in [0.15, 0.2) is 5.58 Å². The number of benzene rings is 1. The Morgan fingerprint density at radius 3 is 3.06 bits per heavy atom. The summed E-state index contributed by atoms with van der Waals surface area (Å²) in [5.41, 5.74) is 2.85. The van der Waals surface area contributed by atoms with E-state index in [2.05, 4.69) is 4.98 Å². The fourth-order valence-electron chi connectivity index (χ4n) is 1.77. The van der Waals surface area contributed by atoms with E-state index in [4.69, 9.17) is 9.52 Å². The van der Waals surface area contributed by atoms with Gasteiger partial charge < -0.3 is 9.52 Å². The van der Waals surface area contributed by atoms with Crippen molar-refractivity contribution in [1.29, 1.82) is 0 Å². The van der Waals surface area contributed by atoms with Crippen molar-refractivity contribution in [1.82, 2.24) is 9.55 Å². The molecule has 0 unspecified atom stereocenters. The van der Waals surface area contributed by atoms with Crippen LogP contribution >= 0.6 is 11.3 Å². The van der Waals surface area contributed by atoms with Gasteiger partial charge in [0.1, 0.15) is 5.01 Å². The SMILES string of the molecule is Cn1c(=O)oc2ccc(-c3nc(CO)cs3)cc21. The van der Waals surface area contributed by atoms with Crippen LogP contribution in [0.25, 0.3) is 21.7 Å². The van der Waals surface area contributed by atoms with Gasteiger partial charge in [-0.15, -0.1) is 11.3 Å². The van der Waals surface area contributed by atoms with Crippen LogP contribution < -0.4 is 5.76 Å². The molecule has 0 amide bonds. The number of nitrogens with zero attached hydrogens (tertiary/aromatic N) is 2. The van der Waals surface area contributed by atoms with Crippen molar-refractivity contribution in [3.8, 4) is 10.6 Å². The Balaban J connectivity index is 2.18. The van der Waals surface area contributed by atoms with E-state index in [0.717, 1.165) is 16.1 Å². The highest BCUT2D eigenvalue weighted by molar-refractivity contribution is 7.13. The van der Waals surface area contributed by atoms with E-state index in [0.29, 0.717) is 11.3 Å². The molecule has 0 atom stereocenters. The van der Waals surface area contributed by atoms with Crippen molar-refractivity contribution in [2.24, 2.45) is 7.05 Å². The monoisotopic (exact) mass is 262 g/mol. The summed E-state index contributed by atoms with van der Waals surface area (Å²) in [5, 5.41) is 11.6. The normalized spacial score (nSPS) is 11.2. The fraction of sp³-hybridized carbons (Fsp3) is 0.167. The van der Waals surface area contributed by atoms with E-state index in [1.807, 2.05) is 17.5 Å². The standard InChI is InChI=1S/C12H10N2O3S/c1-14-9-4-7(2-3-10(9)17-12(14)16)11-13-8(5-15)6-18-11/h2-4,6,15H,5H2,1H3. The first-order chi connectivity index (χ1) is 8.69. The summed E-state index contributed by atoms with van der Waals surface area (Å²) in [4.78, 5) is 15.7. The number of hydrogen-bond donors (Lipinski definition) is 1. The number of aromatic nitrogens is 2. The first kappa shape index (κ1) is 11.2. The summed E-state index contributed by atoms with van der Waals surface area (Å²) in [7, 11) is 1.67. The Hall–Kier alpha value is -1.92. The minimum absolute atomic E-state index is 0.0665. The maximum absolute atomic E-state index is 11.4. The van der Waals surface area contributed by atoms with Gasteiger partial charge >= 0.3 is 5.76 Å². The largest absolute Gasteiger partial charge is 0.419 e. The lowest BCUT2D eigenvalue weighted by Crippen LogP contribution is -2.08. The molecule has 5 nitrogen and oxygen atoms in total. The minimum Gasteiger partial charge on any atom is -0.408 e. The predicted molar refractivity (Wildman–Crippen MR) is 68.5 cm³/mol. The maximum atomic E-state index is 11.4. The Kier molecular flexibility index (Phi) is 2.53. The number of oxazole rings is 1. The summed E-state index contributed by atoms with van der Waals surface area (Å²) >= 11 is 1.46. The molecule has 0 saturated heterocycles. The van der Waals surface area contributed by atoms with Gasteiger partial charge in [-0.25, -0.2) is 9.78 Å². The van der Waals surface area contributed by atoms with Crippen LogP contribution in [-0.4, -0.2) is 14.7 Å². The highest BCUT2D eigenvalue weighted by Gasteiger charge is 2.09. The first-order valence-electron chi connectivity index (χ1n) is 5.34. The molecule has 2 aromatic heterocycles. The summed E-state index contributed by atoms with van der Waals surface area (Å²) in [5.74, 6) is -0.377. The van der Waals surface area contributed by atoms with Crippen LogP contribution in [0.1, 0.15) is 5.69 Å². The van der Waals surface area contributed by atoms with E-state index in [1.165, 1.54) is 15.9 Å². The number of rotatable bonds is 2. The molecule has 0 saturated carbocycles. The zero-order chi connectivity index (χ0) is 12.7. The number of aliphatic hydroxyl groups is 1. The van der Waals surface area contributed by atoms with Crippen LogP contribution in [0.5, 0.6) is 0 Å². The van der Waals surface area contributed by atoms with E-state index in [9.17, 15) is 4.79 Å². The van der Waals surface area contributed by atoms with Crippen LogP contribution in [0.2, 0.25) is 0 Å². The quantitative estimate of drug-likeness (QED) is 0.764. The van der Waals surface area contributed by atoms with Crippen LogP contribution in [0.3, 0.4) is 0 Å². The highest BCUT2D eigenvalue weighted by atomic mass is 32.1.